The van der Waals surface area contributed by atoms with Crippen LogP contribution >= 0.6 is 0 Å². The fourth-order valence-electron chi connectivity index (χ4n) is 1.57. The number of nitrogens with zero attached hydrogens (tertiary/aromatic N) is 1. The van der Waals surface area contributed by atoms with Crippen molar-refractivity contribution < 1.29 is 23.2 Å². The molecule has 0 bridgehead atoms. The van der Waals surface area contributed by atoms with Crippen LogP contribution in [0.2, 0.25) is 0 Å². The van der Waals surface area contributed by atoms with Crippen LogP contribution in [0.5, 0.6) is 5.75 Å². The van der Waals surface area contributed by atoms with Crippen molar-refractivity contribution in [2.75, 3.05) is 13.7 Å². The van der Waals surface area contributed by atoms with Gasteiger partial charge in [0.2, 0.25) is 10.0 Å². The summed E-state index contributed by atoms with van der Waals surface area (Å²) in [5, 5.41) is 19.4. The first-order valence-corrected chi connectivity index (χ1v) is 7.25. The molecule has 0 spiro atoms. The molecule has 1 aromatic carbocycles. The highest BCUT2D eigenvalue weighted by Gasteiger charge is 2.23. The first-order chi connectivity index (χ1) is 9.31. The van der Waals surface area contributed by atoms with E-state index in [1.165, 1.54) is 7.11 Å². The lowest BCUT2D eigenvalue weighted by molar-refractivity contribution is -0.385. The first-order valence-electron chi connectivity index (χ1n) is 5.77. The maximum atomic E-state index is 12.1. The standard InChI is InChI=1S/C11H16N2O6S/c1-8(5-6-14)12-20(17,18)11-4-3-9(13(15)16)7-10(11)19-2/h3-4,7-8,12,14H,5-6H2,1-2H3. The summed E-state index contributed by atoms with van der Waals surface area (Å²) in [5.41, 5.74) is -0.260. The molecular formula is C11H16N2O6S. The molecule has 0 saturated carbocycles. The van der Waals surface area contributed by atoms with Crippen molar-refractivity contribution in [2.45, 2.75) is 24.3 Å². The van der Waals surface area contributed by atoms with Crippen molar-refractivity contribution in [1.82, 2.24) is 4.72 Å². The lowest BCUT2D eigenvalue weighted by Crippen LogP contribution is -2.33. The average Bonchev–Trinajstić information content (AvgIpc) is 2.37. The van der Waals surface area contributed by atoms with Crippen LogP contribution < -0.4 is 9.46 Å². The highest BCUT2D eigenvalue weighted by atomic mass is 32.2. The number of hydrogen-bond donors (Lipinski definition) is 2. The van der Waals surface area contributed by atoms with Gasteiger partial charge in [-0.15, -0.1) is 0 Å². The van der Waals surface area contributed by atoms with Crippen molar-refractivity contribution in [3.8, 4) is 5.75 Å². The molecule has 0 radical (unpaired) electrons. The normalized spacial score (nSPS) is 12.9. The molecule has 0 fully saturated rings. The van der Waals surface area contributed by atoms with Crippen LogP contribution in [-0.4, -0.2) is 38.2 Å². The Morgan fingerprint density at radius 3 is 2.65 bits per heavy atom. The van der Waals surface area contributed by atoms with E-state index in [1.54, 1.807) is 6.92 Å². The van der Waals surface area contributed by atoms with Crippen LogP contribution in [-0.2, 0) is 10.0 Å². The number of nitro benzene ring substituents is 1. The summed E-state index contributed by atoms with van der Waals surface area (Å²) in [6, 6.07) is 2.79. The minimum Gasteiger partial charge on any atom is -0.495 e. The van der Waals surface area contributed by atoms with Gasteiger partial charge in [-0.05, 0) is 19.4 Å². The zero-order valence-corrected chi connectivity index (χ0v) is 11.9. The zero-order valence-electron chi connectivity index (χ0n) is 11.1. The van der Waals surface area contributed by atoms with E-state index < -0.39 is 21.0 Å². The molecule has 0 aromatic heterocycles. The number of sulfonamides is 1. The van der Waals surface area contributed by atoms with Gasteiger partial charge < -0.3 is 9.84 Å². The summed E-state index contributed by atoms with van der Waals surface area (Å²) < 4.78 is 31.5. The van der Waals surface area contributed by atoms with Gasteiger partial charge in [-0.25, -0.2) is 13.1 Å². The molecule has 0 aliphatic carbocycles. The number of nitro groups is 1. The Balaban J connectivity index is 3.15. The Hall–Kier alpha value is -1.71. The molecule has 1 aromatic rings. The quantitative estimate of drug-likeness (QED) is 0.564. The molecule has 1 atom stereocenters. The van der Waals surface area contributed by atoms with Gasteiger partial charge in [-0.3, -0.25) is 10.1 Å². The number of rotatable bonds is 7. The van der Waals surface area contributed by atoms with Gasteiger partial charge in [-0.2, -0.15) is 0 Å². The highest BCUT2D eigenvalue weighted by Crippen LogP contribution is 2.28. The summed E-state index contributed by atoms with van der Waals surface area (Å²) >= 11 is 0. The minimum atomic E-state index is -3.88. The second-order valence-electron chi connectivity index (χ2n) is 4.13. The molecule has 8 nitrogen and oxygen atoms in total. The van der Waals surface area contributed by atoms with Crippen LogP contribution in [0.1, 0.15) is 13.3 Å². The van der Waals surface area contributed by atoms with E-state index >= 15 is 0 Å². The van der Waals surface area contributed by atoms with E-state index in [-0.39, 0.29) is 29.4 Å². The molecule has 2 N–H and O–H groups in total. The second-order valence-corrected chi connectivity index (χ2v) is 5.81. The topological polar surface area (TPSA) is 119 Å². The third kappa shape index (κ3) is 3.89. The number of methoxy groups -OCH3 is 1. The Kier molecular flexibility index (Phi) is 5.43. The van der Waals surface area contributed by atoms with Crippen LogP contribution in [0.15, 0.2) is 23.1 Å². The van der Waals surface area contributed by atoms with Crippen LogP contribution in [0.3, 0.4) is 0 Å². The highest BCUT2D eigenvalue weighted by molar-refractivity contribution is 7.89. The van der Waals surface area contributed by atoms with Gasteiger partial charge >= 0.3 is 0 Å². The molecule has 1 rings (SSSR count). The molecule has 0 aliphatic heterocycles. The minimum absolute atomic E-state index is 0.108. The van der Waals surface area contributed by atoms with Gasteiger partial charge in [0.1, 0.15) is 10.6 Å². The predicted octanol–water partition coefficient (Wildman–Crippen LogP) is 0.653. The van der Waals surface area contributed by atoms with Crippen LogP contribution in [0.25, 0.3) is 0 Å². The summed E-state index contributed by atoms with van der Waals surface area (Å²) in [6.45, 7) is 1.45. The third-order valence-electron chi connectivity index (χ3n) is 2.57. The van der Waals surface area contributed by atoms with Crippen molar-refractivity contribution in [3.63, 3.8) is 0 Å². The molecule has 0 heterocycles. The number of nitrogens with one attached hydrogen (secondary N) is 1. The fourth-order valence-corrected chi connectivity index (χ4v) is 3.00. The Bertz CT molecular complexity index is 587. The van der Waals surface area contributed by atoms with E-state index in [1.807, 2.05) is 0 Å². The number of non-ortho nitro benzene ring substituents is 1. The number of aliphatic hydroxyl groups is 1. The average molecular weight is 304 g/mol. The molecule has 9 heteroatoms. The Morgan fingerprint density at radius 1 is 1.50 bits per heavy atom. The van der Waals surface area contributed by atoms with E-state index in [4.69, 9.17) is 9.84 Å². The Labute approximate surface area is 116 Å². The van der Waals surface area contributed by atoms with Crippen molar-refractivity contribution in [1.29, 1.82) is 0 Å². The largest absolute Gasteiger partial charge is 0.495 e. The first kappa shape index (κ1) is 16.3. The van der Waals surface area contributed by atoms with Gasteiger partial charge in [0.25, 0.3) is 5.69 Å². The van der Waals surface area contributed by atoms with Gasteiger partial charge in [-0.1, -0.05) is 0 Å². The van der Waals surface area contributed by atoms with Crippen LogP contribution in [0, 0.1) is 10.1 Å². The second kappa shape index (κ2) is 6.64. The van der Waals surface area contributed by atoms with E-state index in [9.17, 15) is 18.5 Å². The summed E-state index contributed by atoms with van der Waals surface area (Å²) in [5.74, 6) is -0.108. The number of hydrogen-bond acceptors (Lipinski definition) is 6. The number of aliphatic hydroxyl groups excluding tert-OH is 1. The van der Waals surface area contributed by atoms with E-state index in [2.05, 4.69) is 4.72 Å². The van der Waals surface area contributed by atoms with Gasteiger partial charge in [0.15, 0.2) is 0 Å². The van der Waals surface area contributed by atoms with E-state index in [0.717, 1.165) is 18.2 Å². The molecule has 0 aliphatic rings. The maximum Gasteiger partial charge on any atom is 0.273 e. The molecule has 0 saturated heterocycles. The summed E-state index contributed by atoms with van der Waals surface area (Å²) in [4.78, 5) is 9.83. The molecule has 1 unspecified atom stereocenters. The molecule has 20 heavy (non-hydrogen) atoms. The van der Waals surface area contributed by atoms with E-state index in [0.29, 0.717) is 0 Å². The SMILES string of the molecule is COc1cc([N+](=O)[O-])ccc1S(=O)(=O)NC(C)CCO. The van der Waals surface area contributed by atoms with Crippen molar-refractivity contribution in [3.05, 3.63) is 28.3 Å². The third-order valence-corrected chi connectivity index (χ3v) is 4.19. The number of ether oxygens (including phenoxy) is 1. The Morgan fingerprint density at radius 2 is 2.15 bits per heavy atom. The smallest absolute Gasteiger partial charge is 0.273 e. The predicted molar refractivity (Wildman–Crippen MR) is 71.1 cm³/mol. The van der Waals surface area contributed by atoms with Gasteiger partial charge in [0.05, 0.1) is 18.1 Å². The lowest BCUT2D eigenvalue weighted by Gasteiger charge is -2.14. The maximum absolute atomic E-state index is 12.1. The van der Waals surface area contributed by atoms with Crippen LogP contribution in [0.4, 0.5) is 5.69 Å². The lowest BCUT2D eigenvalue weighted by atomic mass is 10.3. The number of benzene rings is 1. The molecule has 0 amide bonds. The fraction of sp³-hybridized carbons (Fsp3) is 0.455. The zero-order chi connectivity index (χ0) is 15.3. The molecule has 112 valence electrons. The summed E-state index contributed by atoms with van der Waals surface area (Å²) in [7, 11) is -2.64. The monoisotopic (exact) mass is 304 g/mol. The van der Waals surface area contributed by atoms with Crippen molar-refractivity contribution in [2.24, 2.45) is 0 Å². The molecular weight excluding hydrogens is 288 g/mol. The summed E-state index contributed by atoms with van der Waals surface area (Å²) in [6.07, 6.45) is 0.258. The van der Waals surface area contributed by atoms with Gasteiger partial charge in [0, 0.05) is 18.7 Å². The van der Waals surface area contributed by atoms with Crippen molar-refractivity contribution >= 4 is 15.7 Å².